The Morgan fingerprint density at radius 2 is 2.05 bits per heavy atom. The van der Waals surface area contributed by atoms with Crippen LogP contribution < -0.4 is 5.56 Å². The van der Waals surface area contributed by atoms with Gasteiger partial charge in [-0.25, -0.2) is 9.37 Å². The van der Waals surface area contributed by atoms with Crippen molar-refractivity contribution < 1.29 is 4.39 Å². The summed E-state index contributed by atoms with van der Waals surface area (Å²) in [4.78, 5) is 18.2. The second kappa shape index (κ2) is 6.40. The maximum absolute atomic E-state index is 12.8. The van der Waals surface area contributed by atoms with Gasteiger partial charge in [-0.3, -0.25) is 9.36 Å². The molecule has 0 radical (unpaired) electrons. The molecule has 5 heteroatoms. The van der Waals surface area contributed by atoms with E-state index in [1.54, 1.807) is 0 Å². The fourth-order valence-corrected chi connectivity index (χ4v) is 3.58. The minimum atomic E-state index is -0.561. The van der Waals surface area contributed by atoms with Crippen molar-refractivity contribution in [2.45, 2.75) is 26.3 Å². The van der Waals surface area contributed by atoms with Crippen LogP contribution in [0.4, 0.5) is 4.39 Å². The van der Waals surface area contributed by atoms with E-state index in [9.17, 15) is 9.18 Å². The Kier molecular flexibility index (Phi) is 4.34. The van der Waals surface area contributed by atoms with Crippen LogP contribution in [-0.2, 0) is 13.0 Å². The third-order valence-corrected chi connectivity index (χ3v) is 4.51. The van der Waals surface area contributed by atoms with Crippen LogP contribution in [0, 0.1) is 0 Å². The van der Waals surface area contributed by atoms with E-state index in [4.69, 9.17) is 0 Å². The van der Waals surface area contributed by atoms with Gasteiger partial charge >= 0.3 is 0 Å². The van der Waals surface area contributed by atoms with Gasteiger partial charge in [0, 0.05) is 17.4 Å². The standard InChI is InChI=1S/C17H17FN2OS/c1-2-6-14-19-16-15(17(21)20(14)10-9-18)13(11-22-16)12-7-4-3-5-8-12/h3-5,7-8,11H,2,6,9-10H2,1H3. The molecule has 0 N–H and O–H groups in total. The van der Waals surface area contributed by atoms with Gasteiger partial charge in [0.05, 0.1) is 11.9 Å². The quantitative estimate of drug-likeness (QED) is 0.712. The lowest BCUT2D eigenvalue weighted by Crippen LogP contribution is -2.26. The highest BCUT2D eigenvalue weighted by Crippen LogP contribution is 2.30. The zero-order chi connectivity index (χ0) is 15.5. The summed E-state index contributed by atoms with van der Waals surface area (Å²) in [6, 6.07) is 9.77. The van der Waals surface area contributed by atoms with E-state index in [1.165, 1.54) is 15.9 Å². The van der Waals surface area contributed by atoms with E-state index in [0.717, 1.165) is 22.4 Å². The van der Waals surface area contributed by atoms with Crippen molar-refractivity contribution in [3.05, 3.63) is 51.9 Å². The third kappa shape index (κ3) is 2.57. The molecule has 0 saturated carbocycles. The van der Waals surface area contributed by atoms with E-state index in [2.05, 4.69) is 4.98 Å². The van der Waals surface area contributed by atoms with Crippen molar-refractivity contribution in [2.75, 3.05) is 6.67 Å². The van der Waals surface area contributed by atoms with Crippen molar-refractivity contribution in [3.8, 4) is 11.1 Å². The summed E-state index contributed by atoms with van der Waals surface area (Å²) in [5.41, 5.74) is 1.74. The monoisotopic (exact) mass is 316 g/mol. The first-order valence-electron chi connectivity index (χ1n) is 7.38. The molecular weight excluding hydrogens is 299 g/mol. The number of halogens is 1. The lowest BCUT2D eigenvalue weighted by molar-refractivity contribution is 0.431. The first-order valence-corrected chi connectivity index (χ1v) is 8.26. The smallest absolute Gasteiger partial charge is 0.262 e. The van der Waals surface area contributed by atoms with Crippen LogP contribution in [0.5, 0.6) is 0 Å². The highest BCUT2D eigenvalue weighted by Gasteiger charge is 2.16. The highest BCUT2D eigenvalue weighted by molar-refractivity contribution is 7.17. The van der Waals surface area contributed by atoms with Crippen LogP contribution in [0.2, 0.25) is 0 Å². The summed E-state index contributed by atoms with van der Waals surface area (Å²) in [7, 11) is 0. The van der Waals surface area contributed by atoms with Crippen LogP contribution in [-0.4, -0.2) is 16.2 Å². The second-order valence-corrected chi connectivity index (χ2v) is 5.98. The number of fused-ring (bicyclic) bond motifs is 1. The Bertz CT molecular complexity index is 839. The Hall–Kier alpha value is -2.01. The lowest BCUT2D eigenvalue weighted by Gasteiger charge is -2.10. The number of aromatic nitrogens is 2. The number of benzene rings is 1. The lowest BCUT2D eigenvalue weighted by atomic mass is 10.1. The van der Waals surface area contributed by atoms with Crippen LogP contribution >= 0.6 is 11.3 Å². The minimum Gasteiger partial charge on any atom is -0.293 e. The predicted molar refractivity (Wildman–Crippen MR) is 89.3 cm³/mol. The molecular formula is C17H17FN2OS. The van der Waals surface area contributed by atoms with Gasteiger partial charge in [-0.1, -0.05) is 37.3 Å². The molecule has 3 aromatic rings. The molecule has 0 unspecified atom stereocenters. The van der Waals surface area contributed by atoms with Crippen molar-refractivity contribution >= 4 is 21.6 Å². The Labute approximate surface area is 132 Å². The topological polar surface area (TPSA) is 34.9 Å². The summed E-state index contributed by atoms with van der Waals surface area (Å²) in [5, 5.41) is 2.56. The molecule has 0 aliphatic carbocycles. The number of alkyl halides is 1. The molecule has 0 amide bonds. The SMILES string of the molecule is CCCc1nc2scc(-c3ccccc3)c2c(=O)n1CCF. The molecule has 0 spiro atoms. The summed E-state index contributed by atoms with van der Waals surface area (Å²) < 4.78 is 14.3. The zero-order valence-electron chi connectivity index (χ0n) is 12.4. The summed E-state index contributed by atoms with van der Waals surface area (Å²) >= 11 is 1.47. The van der Waals surface area contributed by atoms with Crippen LogP contribution in [0.15, 0.2) is 40.5 Å². The molecule has 0 atom stereocenters. The molecule has 2 heterocycles. The Morgan fingerprint density at radius 1 is 1.27 bits per heavy atom. The number of rotatable bonds is 5. The van der Waals surface area contributed by atoms with Crippen molar-refractivity contribution in [3.63, 3.8) is 0 Å². The van der Waals surface area contributed by atoms with Crippen molar-refractivity contribution in [1.29, 1.82) is 0 Å². The van der Waals surface area contributed by atoms with Crippen LogP contribution in [0.1, 0.15) is 19.2 Å². The van der Waals surface area contributed by atoms with Gasteiger partial charge < -0.3 is 0 Å². The molecule has 114 valence electrons. The fourth-order valence-electron chi connectivity index (χ4n) is 2.63. The molecule has 3 rings (SSSR count). The van der Waals surface area contributed by atoms with Crippen LogP contribution in [0.25, 0.3) is 21.3 Å². The first kappa shape index (κ1) is 14.9. The maximum atomic E-state index is 12.8. The van der Waals surface area contributed by atoms with Gasteiger partial charge in [-0.15, -0.1) is 11.3 Å². The van der Waals surface area contributed by atoms with Gasteiger partial charge in [-0.05, 0) is 12.0 Å². The largest absolute Gasteiger partial charge is 0.293 e. The molecule has 0 bridgehead atoms. The van der Waals surface area contributed by atoms with Gasteiger partial charge in [0.2, 0.25) is 0 Å². The average Bonchev–Trinajstić information content (AvgIpc) is 2.96. The molecule has 0 aliphatic rings. The maximum Gasteiger partial charge on any atom is 0.262 e. The van der Waals surface area contributed by atoms with E-state index in [-0.39, 0.29) is 12.1 Å². The number of hydrogen-bond donors (Lipinski definition) is 0. The average molecular weight is 316 g/mol. The number of hydrogen-bond acceptors (Lipinski definition) is 3. The molecule has 0 saturated heterocycles. The number of nitrogens with zero attached hydrogens (tertiary/aromatic N) is 2. The minimum absolute atomic E-state index is 0.0706. The Balaban J connectivity index is 2.27. The first-order chi connectivity index (χ1) is 10.8. The van der Waals surface area contributed by atoms with Gasteiger partial charge in [0.25, 0.3) is 5.56 Å². The molecule has 2 aromatic heterocycles. The van der Waals surface area contributed by atoms with Gasteiger partial charge in [-0.2, -0.15) is 0 Å². The summed E-state index contributed by atoms with van der Waals surface area (Å²) in [5.74, 6) is 0.680. The number of aryl methyl sites for hydroxylation is 1. The molecule has 0 aliphatic heterocycles. The summed E-state index contributed by atoms with van der Waals surface area (Å²) in [6.07, 6.45) is 1.56. The van der Waals surface area contributed by atoms with Crippen molar-refractivity contribution in [1.82, 2.24) is 9.55 Å². The van der Waals surface area contributed by atoms with E-state index in [0.29, 0.717) is 17.6 Å². The van der Waals surface area contributed by atoms with Crippen LogP contribution in [0.3, 0.4) is 0 Å². The molecule has 0 fully saturated rings. The molecule has 22 heavy (non-hydrogen) atoms. The van der Waals surface area contributed by atoms with E-state index in [1.807, 2.05) is 42.6 Å². The highest BCUT2D eigenvalue weighted by atomic mass is 32.1. The zero-order valence-corrected chi connectivity index (χ0v) is 13.2. The van der Waals surface area contributed by atoms with E-state index < -0.39 is 6.67 Å². The number of thiophene rings is 1. The van der Waals surface area contributed by atoms with Crippen molar-refractivity contribution in [2.24, 2.45) is 0 Å². The van der Waals surface area contributed by atoms with Gasteiger partial charge in [0.15, 0.2) is 0 Å². The molecule has 3 nitrogen and oxygen atoms in total. The second-order valence-electron chi connectivity index (χ2n) is 5.12. The molecule has 1 aromatic carbocycles. The Morgan fingerprint density at radius 3 is 2.73 bits per heavy atom. The fraction of sp³-hybridized carbons (Fsp3) is 0.294. The predicted octanol–water partition coefficient (Wildman–Crippen LogP) is 4.05. The van der Waals surface area contributed by atoms with E-state index >= 15 is 0 Å². The third-order valence-electron chi connectivity index (χ3n) is 3.64. The van der Waals surface area contributed by atoms with Gasteiger partial charge in [0.1, 0.15) is 17.3 Å². The summed E-state index contributed by atoms with van der Waals surface area (Å²) in [6.45, 7) is 1.54. The normalized spacial score (nSPS) is 11.2.